The molecule has 0 aliphatic carbocycles. The largest absolute Gasteiger partial charge is 0.481 e. The van der Waals surface area contributed by atoms with E-state index >= 15 is 0 Å². The monoisotopic (exact) mass is 252 g/mol. The zero-order valence-electron chi connectivity index (χ0n) is 9.05. The Morgan fingerprint density at radius 3 is 2.56 bits per heavy atom. The lowest BCUT2D eigenvalue weighted by atomic mass is 10.3. The molecule has 0 aromatic heterocycles. The number of morpholine rings is 1. The highest BCUT2D eigenvalue weighted by Gasteiger charge is 2.26. The predicted molar refractivity (Wildman–Crippen MR) is 56.2 cm³/mol. The highest BCUT2D eigenvalue weighted by atomic mass is 32.2. The van der Waals surface area contributed by atoms with Gasteiger partial charge < -0.3 is 9.84 Å². The summed E-state index contributed by atoms with van der Waals surface area (Å²) >= 11 is 0. The van der Waals surface area contributed by atoms with Crippen LogP contribution in [0.5, 0.6) is 0 Å². The van der Waals surface area contributed by atoms with E-state index in [0.717, 1.165) is 0 Å². The Kier molecular flexibility index (Phi) is 4.66. The second-order valence-electron chi connectivity index (χ2n) is 3.63. The van der Waals surface area contributed by atoms with Crippen molar-refractivity contribution in [1.82, 2.24) is 9.03 Å². The normalized spacial score (nSPS) is 20.6. The highest BCUT2D eigenvalue weighted by Crippen LogP contribution is 2.04. The smallest absolute Gasteiger partial charge is 0.304 e. The molecule has 0 bridgehead atoms. The minimum absolute atomic E-state index is 0.233. The van der Waals surface area contributed by atoms with Crippen LogP contribution in [0.15, 0.2) is 0 Å². The molecule has 1 atom stereocenters. The number of aliphatic carboxylic acids is 1. The fraction of sp³-hybridized carbons (Fsp3) is 0.875. The van der Waals surface area contributed by atoms with E-state index in [2.05, 4.69) is 4.72 Å². The molecule has 1 heterocycles. The van der Waals surface area contributed by atoms with Crippen LogP contribution in [-0.2, 0) is 19.7 Å². The van der Waals surface area contributed by atoms with E-state index in [4.69, 9.17) is 9.84 Å². The molecular weight excluding hydrogens is 236 g/mol. The third-order valence-electron chi connectivity index (χ3n) is 2.14. The standard InChI is InChI=1S/C8H16N2O5S/c1-7(6-8(11)12)9-16(13,14)10-2-4-15-5-3-10/h7,9H,2-6H2,1H3,(H,11,12). The van der Waals surface area contributed by atoms with Crippen LogP contribution in [0.4, 0.5) is 0 Å². The lowest BCUT2D eigenvalue weighted by Crippen LogP contribution is -2.49. The summed E-state index contributed by atoms with van der Waals surface area (Å²) in [5, 5.41) is 8.52. The summed E-state index contributed by atoms with van der Waals surface area (Å²) in [7, 11) is -3.59. The average molecular weight is 252 g/mol. The Morgan fingerprint density at radius 2 is 2.06 bits per heavy atom. The number of hydrogen-bond acceptors (Lipinski definition) is 4. The van der Waals surface area contributed by atoms with Gasteiger partial charge in [-0.25, -0.2) is 0 Å². The SMILES string of the molecule is CC(CC(=O)O)NS(=O)(=O)N1CCOCC1. The minimum atomic E-state index is -3.59. The van der Waals surface area contributed by atoms with E-state index in [1.54, 1.807) is 0 Å². The lowest BCUT2D eigenvalue weighted by Gasteiger charge is -2.27. The molecule has 94 valence electrons. The van der Waals surface area contributed by atoms with Crippen LogP contribution in [0.25, 0.3) is 0 Å². The first-order chi connectivity index (χ1) is 7.42. The van der Waals surface area contributed by atoms with Gasteiger partial charge in [-0.2, -0.15) is 17.4 Å². The molecule has 1 unspecified atom stereocenters. The van der Waals surface area contributed by atoms with Crippen LogP contribution in [0.3, 0.4) is 0 Å². The molecule has 0 aromatic rings. The first-order valence-corrected chi connectivity index (χ1v) is 6.43. The van der Waals surface area contributed by atoms with Gasteiger partial charge in [0.1, 0.15) is 0 Å². The number of carbonyl (C=O) groups is 1. The summed E-state index contributed by atoms with van der Waals surface area (Å²) < 4.78 is 32.1. The number of carboxylic acid groups (broad SMARTS) is 1. The molecular formula is C8H16N2O5S. The molecule has 0 radical (unpaired) electrons. The second kappa shape index (κ2) is 5.58. The minimum Gasteiger partial charge on any atom is -0.481 e. The summed E-state index contributed by atoms with van der Waals surface area (Å²) in [6, 6.07) is -0.620. The summed E-state index contributed by atoms with van der Waals surface area (Å²) in [4.78, 5) is 10.4. The summed E-state index contributed by atoms with van der Waals surface area (Å²) in [6.07, 6.45) is -0.233. The van der Waals surface area contributed by atoms with E-state index < -0.39 is 22.2 Å². The van der Waals surface area contributed by atoms with Gasteiger partial charge in [0.05, 0.1) is 19.6 Å². The van der Waals surface area contributed by atoms with Crippen LogP contribution >= 0.6 is 0 Å². The zero-order valence-corrected chi connectivity index (χ0v) is 9.87. The molecule has 0 spiro atoms. The molecule has 8 heteroatoms. The molecule has 1 rings (SSSR count). The second-order valence-corrected chi connectivity index (χ2v) is 5.34. The molecule has 7 nitrogen and oxygen atoms in total. The van der Waals surface area contributed by atoms with Crippen LogP contribution < -0.4 is 4.72 Å². The van der Waals surface area contributed by atoms with Crippen molar-refractivity contribution in [3.8, 4) is 0 Å². The molecule has 1 fully saturated rings. The number of nitrogens with zero attached hydrogens (tertiary/aromatic N) is 1. The summed E-state index contributed by atoms with van der Waals surface area (Å²) in [5.74, 6) is -1.03. The molecule has 2 N–H and O–H groups in total. The number of rotatable bonds is 5. The van der Waals surface area contributed by atoms with Crippen LogP contribution in [0.2, 0.25) is 0 Å². The Morgan fingerprint density at radius 1 is 1.50 bits per heavy atom. The first kappa shape index (κ1) is 13.4. The van der Waals surface area contributed by atoms with Crippen molar-refractivity contribution in [2.75, 3.05) is 26.3 Å². The molecule has 1 aliphatic rings. The zero-order chi connectivity index (χ0) is 12.2. The van der Waals surface area contributed by atoms with Gasteiger partial charge in [0, 0.05) is 19.1 Å². The van der Waals surface area contributed by atoms with E-state index in [-0.39, 0.29) is 6.42 Å². The summed E-state index contributed by atoms with van der Waals surface area (Å²) in [5.41, 5.74) is 0. The molecule has 1 saturated heterocycles. The molecule has 1 aliphatic heterocycles. The van der Waals surface area contributed by atoms with Crippen molar-refractivity contribution in [2.45, 2.75) is 19.4 Å². The maximum absolute atomic E-state index is 11.7. The maximum Gasteiger partial charge on any atom is 0.304 e. The Balaban J connectivity index is 2.53. The fourth-order valence-electron chi connectivity index (χ4n) is 1.42. The third-order valence-corrected chi connectivity index (χ3v) is 3.89. The van der Waals surface area contributed by atoms with Crippen LogP contribution in [0, 0.1) is 0 Å². The molecule has 0 aromatic carbocycles. The van der Waals surface area contributed by atoms with Gasteiger partial charge in [-0.1, -0.05) is 0 Å². The van der Waals surface area contributed by atoms with Crippen molar-refractivity contribution in [3.05, 3.63) is 0 Å². The van der Waals surface area contributed by atoms with Gasteiger partial charge >= 0.3 is 5.97 Å². The number of ether oxygens (including phenoxy) is 1. The van der Waals surface area contributed by atoms with Gasteiger partial charge in [-0.15, -0.1) is 0 Å². The fourth-order valence-corrected chi connectivity index (χ4v) is 2.79. The van der Waals surface area contributed by atoms with Gasteiger partial charge in [-0.05, 0) is 6.92 Å². The van der Waals surface area contributed by atoms with E-state index in [9.17, 15) is 13.2 Å². The van der Waals surface area contributed by atoms with E-state index in [1.165, 1.54) is 11.2 Å². The Hall–Kier alpha value is -0.700. The van der Waals surface area contributed by atoms with Crippen molar-refractivity contribution < 1.29 is 23.1 Å². The van der Waals surface area contributed by atoms with Crippen LogP contribution in [-0.4, -0.2) is 56.1 Å². The Labute approximate surface area is 94.6 Å². The van der Waals surface area contributed by atoms with Gasteiger partial charge in [0.2, 0.25) is 0 Å². The summed E-state index contributed by atoms with van der Waals surface area (Å²) in [6.45, 7) is 2.86. The number of carboxylic acids is 1. The highest BCUT2D eigenvalue weighted by molar-refractivity contribution is 7.87. The van der Waals surface area contributed by atoms with E-state index in [0.29, 0.717) is 26.3 Å². The molecule has 0 amide bonds. The predicted octanol–water partition coefficient (Wildman–Crippen LogP) is -0.984. The van der Waals surface area contributed by atoms with E-state index in [1.807, 2.05) is 0 Å². The van der Waals surface area contributed by atoms with Crippen LogP contribution in [0.1, 0.15) is 13.3 Å². The topological polar surface area (TPSA) is 95.9 Å². The third kappa shape index (κ3) is 4.05. The number of hydrogen-bond donors (Lipinski definition) is 2. The van der Waals surface area contributed by atoms with Crippen molar-refractivity contribution in [3.63, 3.8) is 0 Å². The Bertz CT molecular complexity index is 336. The quantitative estimate of drug-likeness (QED) is 0.655. The van der Waals surface area contributed by atoms with Crippen molar-refractivity contribution in [2.24, 2.45) is 0 Å². The molecule has 0 saturated carbocycles. The maximum atomic E-state index is 11.7. The van der Waals surface area contributed by atoms with Gasteiger partial charge in [0.15, 0.2) is 0 Å². The van der Waals surface area contributed by atoms with Crippen molar-refractivity contribution in [1.29, 1.82) is 0 Å². The lowest BCUT2D eigenvalue weighted by molar-refractivity contribution is -0.137. The average Bonchev–Trinajstić information content (AvgIpc) is 2.16. The van der Waals surface area contributed by atoms with Gasteiger partial charge in [0.25, 0.3) is 10.2 Å². The number of nitrogens with one attached hydrogen (secondary N) is 1. The first-order valence-electron chi connectivity index (χ1n) is 4.99. The van der Waals surface area contributed by atoms with Gasteiger partial charge in [-0.3, -0.25) is 4.79 Å². The van der Waals surface area contributed by atoms with Crippen molar-refractivity contribution >= 4 is 16.2 Å². The molecule has 16 heavy (non-hydrogen) atoms.